The monoisotopic (exact) mass is 1130 g/mol. The van der Waals surface area contributed by atoms with Gasteiger partial charge in [-0.3, -0.25) is 0 Å². The van der Waals surface area contributed by atoms with E-state index in [-0.39, 0.29) is 5.56 Å². The fourth-order valence-electron chi connectivity index (χ4n) is 10.5. The predicted molar refractivity (Wildman–Crippen MR) is 353 cm³/mol. The van der Waals surface area contributed by atoms with Crippen LogP contribution in [-0.4, -0.2) is 24.3 Å². The number of benzene rings is 9. The molecule has 9 aromatic rings. The molecule has 9 aromatic carbocycles. The molecule has 86 heavy (non-hydrogen) atoms. The Balaban J connectivity index is 1.09. The highest BCUT2D eigenvalue weighted by molar-refractivity contribution is 6.10. The maximum atomic E-state index is 11.3. The minimum Gasteiger partial charge on any atom is -0.492 e. The van der Waals surface area contributed by atoms with Crippen LogP contribution < -0.4 is 14.4 Å². The van der Waals surface area contributed by atoms with Crippen LogP contribution in [0.1, 0.15) is 153 Å². The fraction of sp³-hybridized carbons (Fsp3) is 0.250. The molecule has 0 saturated heterocycles. The average Bonchev–Trinajstić information content (AvgIpc) is 1.29. The van der Waals surface area contributed by atoms with Gasteiger partial charge in [0.2, 0.25) is 0 Å². The predicted octanol–water partition coefficient (Wildman–Crippen LogP) is 19.1. The van der Waals surface area contributed by atoms with Crippen LogP contribution in [0.3, 0.4) is 0 Å². The van der Waals surface area contributed by atoms with Gasteiger partial charge in [0.1, 0.15) is 17.6 Å². The summed E-state index contributed by atoms with van der Waals surface area (Å²) in [6, 6.07) is 63.9. The van der Waals surface area contributed by atoms with Crippen LogP contribution in [0.2, 0.25) is 0 Å². The third-order valence-corrected chi connectivity index (χ3v) is 15.5. The highest BCUT2D eigenvalue weighted by atomic mass is 16.5. The molecule has 0 heterocycles. The van der Waals surface area contributed by atoms with Crippen molar-refractivity contribution in [3.05, 3.63) is 244 Å². The van der Waals surface area contributed by atoms with Crippen LogP contribution >= 0.6 is 0 Å². The van der Waals surface area contributed by atoms with Crippen LogP contribution in [0.15, 0.2) is 188 Å². The topological polar surface area (TPSA) is 82.8 Å². The Hall–Kier alpha value is -9.90. The van der Waals surface area contributed by atoms with Gasteiger partial charge in [-0.1, -0.05) is 212 Å². The van der Waals surface area contributed by atoms with Gasteiger partial charge in [0.15, 0.2) is 0 Å². The molecule has 9 rings (SSSR count). The normalized spacial score (nSPS) is 11.4. The van der Waals surface area contributed by atoms with E-state index in [2.05, 4.69) is 197 Å². The second kappa shape index (κ2) is 30.1. The van der Waals surface area contributed by atoms with Gasteiger partial charge in [-0.15, -0.1) is 0 Å². The third-order valence-electron chi connectivity index (χ3n) is 15.5. The summed E-state index contributed by atoms with van der Waals surface area (Å²) in [5.74, 6) is 30.1. The lowest BCUT2D eigenvalue weighted by Gasteiger charge is -2.25. The summed E-state index contributed by atoms with van der Waals surface area (Å²) in [5, 5.41) is 23.4. The number of ether oxygens (including phenoxy) is 2. The quantitative estimate of drug-likeness (QED) is 0.0605. The van der Waals surface area contributed by atoms with Crippen molar-refractivity contribution in [2.24, 2.45) is 23.7 Å². The maximum absolute atomic E-state index is 11.3. The molecule has 2 unspecified atom stereocenters. The van der Waals surface area contributed by atoms with Crippen molar-refractivity contribution in [2.75, 3.05) is 18.1 Å². The molecule has 2 atom stereocenters. The summed E-state index contributed by atoms with van der Waals surface area (Å²) in [4.78, 5) is 13.6. The molecule has 1 N–H and O–H groups in total. The number of nitrogens with zero attached hydrogens (tertiary/aromatic N) is 2. The van der Waals surface area contributed by atoms with Crippen LogP contribution in [0.5, 0.6) is 11.5 Å². The summed E-state index contributed by atoms with van der Waals surface area (Å²) in [6.07, 6.45) is 8.96. The number of fused-ring (bicyclic) bond motifs is 2. The Kier molecular flexibility index (Phi) is 21.2. The third kappa shape index (κ3) is 16.5. The van der Waals surface area contributed by atoms with E-state index in [9.17, 15) is 15.2 Å². The Morgan fingerprint density at radius 1 is 0.419 bits per heavy atom. The maximum Gasteiger partial charge on any atom is 0.335 e. The number of anilines is 3. The van der Waals surface area contributed by atoms with Crippen LogP contribution in [0.4, 0.5) is 17.1 Å². The summed E-state index contributed by atoms with van der Waals surface area (Å²) >= 11 is 0. The van der Waals surface area contributed by atoms with Gasteiger partial charge in [0.25, 0.3) is 0 Å². The number of carboxylic acids is 1. The zero-order chi connectivity index (χ0) is 60.2. The van der Waals surface area contributed by atoms with Crippen molar-refractivity contribution in [1.82, 2.24) is 0 Å². The summed E-state index contributed by atoms with van der Waals surface area (Å²) in [6.45, 7) is 14.9. The second-order valence-corrected chi connectivity index (χ2v) is 23.1. The summed E-state index contributed by atoms with van der Waals surface area (Å²) in [7, 11) is 0. The number of aromatic carboxylic acids is 1. The van der Waals surface area contributed by atoms with Crippen molar-refractivity contribution in [3.63, 3.8) is 0 Å². The largest absolute Gasteiger partial charge is 0.492 e. The summed E-state index contributed by atoms with van der Waals surface area (Å²) in [5.41, 5.74) is 9.71. The van der Waals surface area contributed by atoms with Gasteiger partial charge >= 0.3 is 5.97 Å². The number of hydrogen-bond donors (Lipinski definition) is 1. The van der Waals surface area contributed by atoms with E-state index in [0.29, 0.717) is 70.6 Å². The molecular formula is C80H74N2O4. The average molecular weight is 1130 g/mol. The first-order chi connectivity index (χ1) is 41.9. The molecule has 0 aromatic heterocycles. The molecule has 0 amide bonds. The fourth-order valence-corrected chi connectivity index (χ4v) is 10.5. The van der Waals surface area contributed by atoms with Crippen molar-refractivity contribution < 1.29 is 19.4 Å². The first-order valence-electron chi connectivity index (χ1n) is 30.2. The zero-order valence-electron chi connectivity index (χ0n) is 50.3. The Morgan fingerprint density at radius 2 is 0.814 bits per heavy atom. The van der Waals surface area contributed by atoms with E-state index < -0.39 is 5.97 Å². The lowest BCUT2D eigenvalue weighted by molar-refractivity contribution is 0.0696. The zero-order valence-corrected chi connectivity index (χ0v) is 50.3. The smallest absolute Gasteiger partial charge is 0.335 e. The minimum absolute atomic E-state index is 0.192. The van der Waals surface area contributed by atoms with E-state index >= 15 is 0 Å². The highest BCUT2D eigenvalue weighted by Crippen LogP contribution is 2.36. The Morgan fingerprint density at radius 3 is 1.27 bits per heavy atom. The first-order valence-corrected chi connectivity index (χ1v) is 30.2. The number of nitriles is 1. The molecular weight excluding hydrogens is 1050 g/mol. The van der Waals surface area contributed by atoms with Gasteiger partial charge in [0.05, 0.1) is 35.5 Å². The Bertz CT molecular complexity index is 4010. The SMILES string of the molecule is CC(C)CCCC(C)CCOc1cc(C#Cc2c3ccccc3c(C#Cc3ccc(C#Cc4ccc(C(=O)O)cc4)cc3C#N)c3ccccc23)c(OCCC(C)CCCC(C)C)cc1C#Cc1ccc(N(c2ccccc2)c2ccccc2)cc1. The number of hydrogen-bond acceptors (Lipinski definition) is 5. The van der Waals surface area contributed by atoms with Crippen molar-refractivity contribution in [1.29, 1.82) is 5.26 Å². The molecule has 0 radical (unpaired) electrons. The number of para-hydroxylation sites is 2. The molecule has 0 spiro atoms. The molecule has 0 aliphatic rings. The standard InChI is InChI=1S/C80H74N2O4/c1-57(2)19-17-21-59(5)49-51-85-78-55-67(79(86-52-50-60(6)22-18-20-58(3)4)54-66(78)42-35-62-37-45-71(46-38-62)82(69-23-9-7-10-24-69)70-25-11-8-12-26-70)44-48-77-74-29-15-13-27-72(74)76(73-28-14-16-30-75(73)77)47-43-64-39-36-63(53-68(64)56-81)32-31-61-33-40-65(41-34-61)80(83)84/h7-16,23-30,33-34,36-41,45-46,53-55,57-60H,17-22,49-52H2,1-6H3,(H,83,84). The molecule has 0 fully saturated rings. The molecule has 0 aliphatic carbocycles. The van der Waals surface area contributed by atoms with E-state index in [4.69, 9.17) is 9.47 Å². The van der Waals surface area contributed by atoms with Crippen molar-refractivity contribution in [2.45, 2.75) is 92.9 Å². The molecule has 428 valence electrons. The van der Waals surface area contributed by atoms with Crippen LogP contribution in [-0.2, 0) is 0 Å². The second-order valence-electron chi connectivity index (χ2n) is 23.1. The van der Waals surface area contributed by atoms with E-state index in [1.54, 1.807) is 18.2 Å². The minimum atomic E-state index is -0.994. The highest BCUT2D eigenvalue weighted by Gasteiger charge is 2.17. The van der Waals surface area contributed by atoms with E-state index in [0.717, 1.165) is 92.1 Å². The molecule has 0 saturated carbocycles. The number of carboxylic acid groups (broad SMARTS) is 1. The van der Waals surface area contributed by atoms with E-state index in [1.807, 2.05) is 60.7 Å². The Labute approximate surface area is 509 Å². The first kappa shape index (κ1) is 60.7. The lowest BCUT2D eigenvalue weighted by atomic mass is 9.91. The number of carbonyl (C=O) groups is 1. The van der Waals surface area contributed by atoms with Gasteiger partial charge in [0, 0.05) is 62.6 Å². The molecule has 6 nitrogen and oxygen atoms in total. The lowest BCUT2D eigenvalue weighted by Crippen LogP contribution is -2.09. The number of rotatable bonds is 20. The molecule has 0 aliphatic heterocycles. The molecule has 0 bridgehead atoms. The van der Waals surface area contributed by atoms with Gasteiger partial charge in [-0.25, -0.2) is 4.79 Å². The summed E-state index contributed by atoms with van der Waals surface area (Å²) < 4.78 is 13.7. The van der Waals surface area contributed by atoms with Gasteiger partial charge in [-0.05, 0) is 149 Å². The molecule has 6 heteroatoms. The van der Waals surface area contributed by atoms with Crippen LogP contribution in [0, 0.1) is 82.4 Å². The van der Waals surface area contributed by atoms with Gasteiger partial charge < -0.3 is 19.5 Å². The van der Waals surface area contributed by atoms with E-state index in [1.165, 1.54) is 37.8 Å². The van der Waals surface area contributed by atoms with Crippen molar-refractivity contribution in [3.8, 4) is 64.9 Å². The van der Waals surface area contributed by atoms with Gasteiger partial charge in [-0.2, -0.15) is 5.26 Å². The van der Waals surface area contributed by atoms with Crippen LogP contribution in [0.25, 0.3) is 21.5 Å². The van der Waals surface area contributed by atoms with Crippen molar-refractivity contribution >= 4 is 44.6 Å².